The summed E-state index contributed by atoms with van der Waals surface area (Å²) in [5.74, 6) is 0. The number of halogens is 1. The number of hydrogen-bond acceptors (Lipinski definition) is 4. The number of hydrogen-bond donors (Lipinski definition) is 1. The molecular formula is C14H24BrN3O2. The number of ether oxygens (including phenoxy) is 2. The van der Waals surface area contributed by atoms with Gasteiger partial charge >= 0.3 is 0 Å². The Labute approximate surface area is 129 Å². The van der Waals surface area contributed by atoms with Crippen LogP contribution in [0.1, 0.15) is 37.4 Å². The zero-order chi connectivity index (χ0) is 14.6. The fraction of sp³-hybridized carbons (Fsp3) is 0.786. The Morgan fingerprint density at radius 1 is 1.50 bits per heavy atom. The SMILES string of the molecule is CNC(CC1(OC)CCC1)c1c(Br)cnn1CCOC. The molecular weight excluding hydrogens is 322 g/mol. The van der Waals surface area contributed by atoms with Crippen LogP contribution in [0, 0.1) is 0 Å². The standard InChI is InChI=1S/C14H24BrN3O2/c1-16-12(9-14(20-3)5-4-6-14)13-11(15)10-17-18(13)7-8-19-2/h10,12,16H,4-9H2,1-3H3. The molecule has 0 saturated heterocycles. The lowest BCUT2D eigenvalue weighted by molar-refractivity contribution is -0.0839. The van der Waals surface area contributed by atoms with Crippen molar-refractivity contribution >= 4 is 15.9 Å². The molecule has 1 aromatic heterocycles. The number of nitrogens with one attached hydrogen (secondary N) is 1. The molecule has 1 unspecified atom stereocenters. The minimum Gasteiger partial charge on any atom is -0.383 e. The molecule has 1 aliphatic carbocycles. The second-order valence-electron chi connectivity index (χ2n) is 5.38. The van der Waals surface area contributed by atoms with Gasteiger partial charge in [-0.1, -0.05) is 0 Å². The Balaban J connectivity index is 2.16. The third-order valence-electron chi connectivity index (χ3n) is 4.29. The van der Waals surface area contributed by atoms with Gasteiger partial charge < -0.3 is 14.8 Å². The molecule has 1 N–H and O–H groups in total. The maximum absolute atomic E-state index is 5.76. The zero-order valence-corrected chi connectivity index (χ0v) is 14.1. The lowest BCUT2D eigenvalue weighted by atomic mass is 9.75. The van der Waals surface area contributed by atoms with E-state index in [1.807, 2.05) is 25.0 Å². The molecule has 1 saturated carbocycles. The van der Waals surface area contributed by atoms with E-state index in [2.05, 4.69) is 26.3 Å². The van der Waals surface area contributed by atoms with Crippen LogP contribution in [0.3, 0.4) is 0 Å². The molecule has 1 atom stereocenters. The summed E-state index contributed by atoms with van der Waals surface area (Å²) in [4.78, 5) is 0. The van der Waals surface area contributed by atoms with Crippen LogP contribution in [0.15, 0.2) is 10.7 Å². The number of nitrogens with zero attached hydrogens (tertiary/aromatic N) is 2. The van der Waals surface area contributed by atoms with Gasteiger partial charge in [0.05, 0.1) is 41.2 Å². The van der Waals surface area contributed by atoms with Crippen molar-refractivity contribution in [3.63, 3.8) is 0 Å². The summed E-state index contributed by atoms with van der Waals surface area (Å²) >= 11 is 3.61. The van der Waals surface area contributed by atoms with Crippen LogP contribution in [-0.4, -0.2) is 43.3 Å². The highest BCUT2D eigenvalue weighted by molar-refractivity contribution is 9.10. The van der Waals surface area contributed by atoms with Crippen molar-refractivity contribution < 1.29 is 9.47 Å². The largest absolute Gasteiger partial charge is 0.383 e. The van der Waals surface area contributed by atoms with E-state index in [-0.39, 0.29) is 11.6 Å². The average molecular weight is 346 g/mol. The molecule has 1 fully saturated rings. The van der Waals surface area contributed by atoms with Crippen molar-refractivity contribution in [1.82, 2.24) is 15.1 Å². The van der Waals surface area contributed by atoms with E-state index in [4.69, 9.17) is 9.47 Å². The van der Waals surface area contributed by atoms with Crippen molar-refractivity contribution in [2.24, 2.45) is 0 Å². The average Bonchev–Trinajstić information content (AvgIpc) is 2.78. The zero-order valence-electron chi connectivity index (χ0n) is 12.5. The Kier molecular flexibility index (Phi) is 5.60. The normalized spacial score (nSPS) is 18.8. The van der Waals surface area contributed by atoms with Crippen LogP contribution in [0.2, 0.25) is 0 Å². The predicted octanol–water partition coefficient (Wildman–Crippen LogP) is 2.51. The van der Waals surface area contributed by atoms with Gasteiger partial charge in [-0.05, 0) is 48.7 Å². The number of methoxy groups -OCH3 is 2. The molecule has 0 bridgehead atoms. The van der Waals surface area contributed by atoms with Gasteiger partial charge in [0.25, 0.3) is 0 Å². The lowest BCUT2D eigenvalue weighted by Gasteiger charge is -2.42. The molecule has 0 spiro atoms. The molecule has 1 aromatic rings. The van der Waals surface area contributed by atoms with Crippen molar-refractivity contribution in [3.8, 4) is 0 Å². The van der Waals surface area contributed by atoms with Gasteiger partial charge in [0, 0.05) is 14.2 Å². The molecule has 1 aliphatic rings. The summed E-state index contributed by atoms with van der Waals surface area (Å²) < 4.78 is 14.0. The Morgan fingerprint density at radius 2 is 2.25 bits per heavy atom. The van der Waals surface area contributed by atoms with Crippen LogP contribution in [0.4, 0.5) is 0 Å². The third-order valence-corrected chi connectivity index (χ3v) is 4.90. The van der Waals surface area contributed by atoms with E-state index < -0.39 is 0 Å². The highest BCUT2D eigenvalue weighted by Crippen LogP contribution is 2.42. The Bertz CT molecular complexity index is 427. The van der Waals surface area contributed by atoms with Crippen molar-refractivity contribution in [1.29, 1.82) is 0 Å². The summed E-state index contributed by atoms with van der Waals surface area (Å²) in [7, 11) is 5.53. The van der Waals surface area contributed by atoms with Gasteiger partial charge in [0.2, 0.25) is 0 Å². The van der Waals surface area contributed by atoms with Gasteiger partial charge in [-0.2, -0.15) is 5.10 Å². The lowest BCUT2D eigenvalue weighted by Crippen LogP contribution is -2.42. The molecule has 2 rings (SSSR count). The van der Waals surface area contributed by atoms with Gasteiger partial charge in [0.15, 0.2) is 0 Å². The molecule has 0 radical (unpaired) electrons. The van der Waals surface area contributed by atoms with Crippen molar-refractivity contribution in [2.45, 2.75) is 43.9 Å². The summed E-state index contributed by atoms with van der Waals surface area (Å²) in [6, 6.07) is 0.226. The van der Waals surface area contributed by atoms with Gasteiger partial charge in [-0.15, -0.1) is 0 Å². The van der Waals surface area contributed by atoms with E-state index in [1.54, 1.807) is 7.11 Å². The first-order chi connectivity index (χ1) is 9.65. The van der Waals surface area contributed by atoms with Crippen LogP contribution >= 0.6 is 15.9 Å². The quantitative estimate of drug-likeness (QED) is 0.786. The van der Waals surface area contributed by atoms with E-state index in [0.717, 1.165) is 30.3 Å². The van der Waals surface area contributed by atoms with Crippen LogP contribution in [-0.2, 0) is 16.0 Å². The highest BCUT2D eigenvalue weighted by atomic mass is 79.9. The summed E-state index contributed by atoms with van der Waals surface area (Å²) in [5.41, 5.74) is 1.21. The maximum Gasteiger partial charge on any atom is 0.0697 e. The summed E-state index contributed by atoms with van der Waals surface area (Å²) in [6.07, 6.45) is 6.37. The Hall–Kier alpha value is -0.430. The van der Waals surface area contributed by atoms with Crippen LogP contribution in [0.5, 0.6) is 0 Å². The van der Waals surface area contributed by atoms with E-state index in [0.29, 0.717) is 6.61 Å². The molecule has 5 nitrogen and oxygen atoms in total. The molecule has 20 heavy (non-hydrogen) atoms. The smallest absolute Gasteiger partial charge is 0.0697 e. The second kappa shape index (κ2) is 7.02. The van der Waals surface area contributed by atoms with Crippen LogP contribution in [0.25, 0.3) is 0 Å². The molecule has 6 heteroatoms. The maximum atomic E-state index is 5.76. The minimum absolute atomic E-state index is 0.0312. The van der Waals surface area contributed by atoms with Crippen LogP contribution < -0.4 is 5.32 Å². The second-order valence-corrected chi connectivity index (χ2v) is 6.23. The molecule has 1 heterocycles. The molecule has 0 aromatic carbocycles. The predicted molar refractivity (Wildman–Crippen MR) is 81.8 cm³/mol. The molecule has 0 amide bonds. The van der Waals surface area contributed by atoms with Gasteiger partial charge in [0.1, 0.15) is 0 Å². The fourth-order valence-corrected chi connectivity index (χ4v) is 3.42. The molecule has 114 valence electrons. The first-order valence-electron chi connectivity index (χ1n) is 7.08. The van der Waals surface area contributed by atoms with Crippen molar-refractivity contribution in [3.05, 3.63) is 16.4 Å². The monoisotopic (exact) mass is 345 g/mol. The minimum atomic E-state index is 0.0312. The topological polar surface area (TPSA) is 48.3 Å². The first-order valence-corrected chi connectivity index (χ1v) is 7.87. The van der Waals surface area contributed by atoms with Gasteiger partial charge in [-0.3, -0.25) is 4.68 Å². The van der Waals surface area contributed by atoms with E-state index in [9.17, 15) is 0 Å². The van der Waals surface area contributed by atoms with E-state index >= 15 is 0 Å². The third kappa shape index (κ3) is 3.24. The number of aromatic nitrogens is 2. The van der Waals surface area contributed by atoms with E-state index in [1.165, 1.54) is 12.1 Å². The van der Waals surface area contributed by atoms with Gasteiger partial charge in [-0.25, -0.2) is 0 Å². The summed E-state index contributed by atoms with van der Waals surface area (Å²) in [6.45, 7) is 1.42. The Morgan fingerprint density at radius 3 is 2.75 bits per heavy atom. The van der Waals surface area contributed by atoms with Crippen molar-refractivity contribution in [2.75, 3.05) is 27.9 Å². The number of rotatable bonds is 8. The summed E-state index contributed by atoms with van der Waals surface area (Å²) in [5, 5.41) is 7.84. The molecule has 0 aliphatic heterocycles. The fourth-order valence-electron chi connectivity index (χ4n) is 2.84. The first kappa shape index (κ1) is 15.9. The highest BCUT2D eigenvalue weighted by Gasteiger charge is 2.40.